The maximum Gasteiger partial charge on any atom is 0.123 e. The Balaban J connectivity index is 2.14. The van der Waals surface area contributed by atoms with Crippen LogP contribution >= 0.6 is 0 Å². The fraction of sp³-hybridized carbons (Fsp3) is 0.750. The Morgan fingerprint density at radius 2 is 2.27 bits per heavy atom. The average Bonchev–Trinajstić information content (AvgIpc) is 2.58. The number of aromatic nitrogens is 2. The molecule has 0 aromatic carbocycles. The number of hydrogen-bond donors (Lipinski definition) is 1. The predicted molar refractivity (Wildman–Crippen MR) is 59.9 cm³/mol. The van der Waals surface area contributed by atoms with E-state index < -0.39 is 0 Å². The fourth-order valence-corrected chi connectivity index (χ4v) is 2.94. The molecule has 3 heteroatoms. The van der Waals surface area contributed by atoms with E-state index in [0.29, 0.717) is 0 Å². The van der Waals surface area contributed by atoms with Crippen molar-refractivity contribution in [1.29, 1.82) is 0 Å². The van der Waals surface area contributed by atoms with Gasteiger partial charge in [-0.3, -0.25) is 0 Å². The molecule has 0 radical (unpaired) electrons. The quantitative estimate of drug-likeness (QED) is 0.697. The molecule has 1 aromatic rings. The Kier molecular flexibility index (Phi) is 1.93. The Labute approximate surface area is 90.9 Å². The molecule has 3 nitrogen and oxygen atoms in total. The topological polar surface area (TPSA) is 29.9 Å². The van der Waals surface area contributed by atoms with E-state index in [-0.39, 0.29) is 5.41 Å². The number of rotatable bonds is 0. The molecule has 2 heterocycles. The third kappa shape index (κ3) is 1.33. The van der Waals surface area contributed by atoms with Crippen LogP contribution in [0.25, 0.3) is 0 Å². The first-order chi connectivity index (χ1) is 7.18. The van der Waals surface area contributed by atoms with Gasteiger partial charge in [0, 0.05) is 24.2 Å². The summed E-state index contributed by atoms with van der Waals surface area (Å²) in [4.78, 5) is 4.84. The minimum absolute atomic E-state index is 0.290. The molecule has 82 valence electrons. The summed E-state index contributed by atoms with van der Waals surface area (Å²) in [6, 6.07) is 0. The minimum atomic E-state index is 0.290. The van der Waals surface area contributed by atoms with Crippen LogP contribution < -0.4 is 5.32 Å². The van der Waals surface area contributed by atoms with Crippen molar-refractivity contribution in [2.24, 2.45) is 0 Å². The van der Waals surface area contributed by atoms with Gasteiger partial charge in [-0.15, -0.1) is 0 Å². The van der Waals surface area contributed by atoms with Crippen molar-refractivity contribution in [2.75, 3.05) is 6.54 Å². The largest absolute Gasteiger partial charge is 0.329 e. The summed E-state index contributed by atoms with van der Waals surface area (Å²) in [7, 11) is 0. The highest BCUT2D eigenvalue weighted by Gasteiger charge is 2.33. The van der Waals surface area contributed by atoms with E-state index in [9.17, 15) is 0 Å². The van der Waals surface area contributed by atoms with Crippen LogP contribution in [0.15, 0.2) is 0 Å². The summed E-state index contributed by atoms with van der Waals surface area (Å²) in [5.41, 5.74) is 3.17. The van der Waals surface area contributed by atoms with Gasteiger partial charge in [0.15, 0.2) is 0 Å². The summed E-state index contributed by atoms with van der Waals surface area (Å²) in [5.74, 6) is 1.25. The molecule has 0 spiro atoms. The minimum Gasteiger partial charge on any atom is -0.329 e. The maximum atomic E-state index is 4.84. The monoisotopic (exact) mass is 205 g/mol. The summed E-state index contributed by atoms with van der Waals surface area (Å²) in [6.45, 7) is 7.81. The highest BCUT2D eigenvalue weighted by Crippen LogP contribution is 2.36. The van der Waals surface area contributed by atoms with E-state index in [4.69, 9.17) is 4.98 Å². The second-order valence-corrected chi connectivity index (χ2v) is 5.39. The number of fused-ring (bicyclic) bond motifs is 3. The van der Waals surface area contributed by atoms with Gasteiger partial charge in [-0.1, -0.05) is 13.8 Å². The molecule has 15 heavy (non-hydrogen) atoms. The van der Waals surface area contributed by atoms with Crippen LogP contribution in [0.5, 0.6) is 0 Å². The van der Waals surface area contributed by atoms with Crippen molar-refractivity contribution >= 4 is 0 Å². The summed E-state index contributed by atoms with van der Waals surface area (Å²) >= 11 is 0. The van der Waals surface area contributed by atoms with Crippen LogP contribution in [0.1, 0.15) is 43.9 Å². The molecule has 0 unspecified atom stereocenters. The van der Waals surface area contributed by atoms with Gasteiger partial charge in [0.05, 0.1) is 12.2 Å². The zero-order valence-corrected chi connectivity index (χ0v) is 9.64. The van der Waals surface area contributed by atoms with E-state index in [1.54, 1.807) is 0 Å². The van der Waals surface area contributed by atoms with E-state index in [0.717, 1.165) is 19.6 Å². The zero-order valence-electron chi connectivity index (χ0n) is 9.64. The van der Waals surface area contributed by atoms with Gasteiger partial charge in [-0.2, -0.15) is 0 Å². The Bertz CT molecular complexity index is 390. The van der Waals surface area contributed by atoms with E-state index in [1.807, 2.05) is 0 Å². The maximum absolute atomic E-state index is 4.84. The number of hydrogen-bond acceptors (Lipinski definition) is 2. The Morgan fingerprint density at radius 3 is 3.13 bits per heavy atom. The van der Waals surface area contributed by atoms with Crippen LogP contribution in [0.3, 0.4) is 0 Å². The first-order valence-electron chi connectivity index (χ1n) is 5.98. The van der Waals surface area contributed by atoms with Crippen LogP contribution in [-0.2, 0) is 24.9 Å². The normalized spacial score (nSPS) is 23.3. The number of nitrogens with zero attached hydrogens (tertiary/aromatic N) is 2. The summed E-state index contributed by atoms with van der Waals surface area (Å²) in [6.07, 6.45) is 3.83. The van der Waals surface area contributed by atoms with Crippen LogP contribution in [0.4, 0.5) is 0 Å². The van der Waals surface area contributed by atoms with Gasteiger partial charge >= 0.3 is 0 Å². The smallest absolute Gasteiger partial charge is 0.123 e. The lowest BCUT2D eigenvalue weighted by atomic mass is 9.78. The fourth-order valence-electron chi connectivity index (χ4n) is 2.94. The molecule has 1 aliphatic carbocycles. The SMILES string of the molecule is CC1(C)CCCc2c1nc1n2CCNC1. The van der Waals surface area contributed by atoms with Crippen LogP contribution in [0, 0.1) is 0 Å². The summed E-state index contributed by atoms with van der Waals surface area (Å²) in [5, 5.41) is 3.39. The van der Waals surface area contributed by atoms with Gasteiger partial charge in [-0.05, 0) is 19.3 Å². The molecule has 3 rings (SSSR count). The zero-order chi connectivity index (χ0) is 10.5. The van der Waals surface area contributed by atoms with Crippen molar-refractivity contribution in [1.82, 2.24) is 14.9 Å². The predicted octanol–water partition coefficient (Wildman–Crippen LogP) is 1.60. The highest BCUT2D eigenvalue weighted by atomic mass is 15.2. The molecule has 0 saturated heterocycles. The van der Waals surface area contributed by atoms with Crippen molar-refractivity contribution in [3.8, 4) is 0 Å². The van der Waals surface area contributed by atoms with Crippen LogP contribution in [0.2, 0.25) is 0 Å². The molecular formula is C12H19N3. The third-order valence-electron chi connectivity index (χ3n) is 3.80. The molecule has 1 aliphatic heterocycles. The van der Waals surface area contributed by atoms with E-state index in [2.05, 4.69) is 23.7 Å². The molecule has 2 aliphatic rings. The van der Waals surface area contributed by atoms with Crippen molar-refractivity contribution in [2.45, 2.75) is 51.6 Å². The van der Waals surface area contributed by atoms with Gasteiger partial charge in [0.1, 0.15) is 5.82 Å². The molecule has 1 aromatic heterocycles. The van der Waals surface area contributed by atoms with Crippen molar-refractivity contribution in [3.05, 3.63) is 17.2 Å². The second kappa shape index (κ2) is 3.08. The number of nitrogens with one attached hydrogen (secondary N) is 1. The first-order valence-corrected chi connectivity index (χ1v) is 5.98. The molecule has 0 saturated carbocycles. The Morgan fingerprint density at radius 1 is 1.40 bits per heavy atom. The Hall–Kier alpha value is -0.830. The summed E-state index contributed by atoms with van der Waals surface area (Å²) < 4.78 is 2.45. The number of imidazole rings is 1. The molecular weight excluding hydrogens is 186 g/mol. The van der Waals surface area contributed by atoms with Crippen molar-refractivity contribution in [3.63, 3.8) is 0 Å². The lowest BCUT2D eigenvalue weighted by Gasteiger charge is -2.29. The molecule has 1 N–H and O–H groups in total. The van der Waals surface area contributed by atoms with Gasteiger partial charge in [-0.25, -0.2) is 4.98 Å². The molecule has 0 amide bonds. The lowest BCUT2D eigenvalue weighted by molar-refractivity contribution is 0.411. The van der Waals surface area contributed by atoms with Crippen LogP contribution in [-0.4, -0.2) is 16.1 Å². The van der Waals surface area contributed by atoms with Gasteiger partial charge in [0.2, 0.25) is 0 Å². The van der Waals surface area contributed by atoms with Gasteiger partial charge in [0.25, 0.3) is 0 Å². The van der Waals surface area contributed by atoms with E-state index in [1.165, 1.54) is 36.5 Å². The molecule has 0 fully saturated rings. The highest BCUT2D eigenvalue weighted by molar-refractivity contribution is 5.28. The molecule has 0 atom stereocenters. The van der Waals surface area contributed by atoms with E-state index >= 15 is 0 Å². The lowest BCUT2D eigenvalue weighted by Crippen LogP contribution is -2.30. The average molecular weight is 205 g/mol. The molecule has 0 bridgehead atoms. The second-order valence-electron chi connectivity index (χ2n) is 5.39. The van der Waals surface area contributed by atoms with Gasteiger partial charge < -0.3 is 9.88 Å². The first kappa shape index (κ1) is 9.40. The standard InChI is InChI=1S/C12H19N3/c1-12(2)5-3-4-9-11(12)14-10-8-13-6-7-15(9)10/h13H,3-8H2,1-2H3. The van der Waals surface area contributed by atoms with Crippen molar-refractivity contribution < 1.29 is 0 Å². The third-order valence-corrected chi connectivity index (χ3v) is 3.80.